The van der Waals surface area contributed by atoms with Crippen molar-refractivity contribution in [3.8, 4) is 0 Å². The minimum absolute atomic E-state index is 0.0179. The van der Waals surface area contributed by atoms with Gasteiger partial charge in [-0.15, -0.1) is 0 Å². The van der Waals surface area contributed by atoms with E-state index in [0.717, 1.165) is 38.0 Å². The summed E-state index contributed by atoms with van der Waals surface area (Å²) in [7, 11) is 1.97. The zero-order chi connectivity index (χ0) is 11.8. The topological polar surface area (TPSA) is 46.0 Å². The highest BCUT2D eigenvalue weighted by Gasteiger charge is 2.23. The lowest BCUT2D eigenvalue weighted by molar-refractivity contribution is 0.538. The summed E-state index contributed by atoms with van der Waals surface area (Å²) >= 11 is 0. The molecule has 1 aliphatic rings. The van der Waals surface area contributed by atoms with Gasteiger partial charge in [0.2, 0.25) is 5.95 Å². The van der Waals surface area contributed by atoms with Crippen LogP contribution in [0.2, 0.25) is 0 Å². The van der Waals surface area contributed by atoms with E-state index in [2.05, 4.69) is 41.1 Å². The van der Waals surface area contributed by atoms with Gasteiger partial charge in [0.15, 0.2) is 5.82 Å². The van der Waals surface area contributed by atoms with Crippen LogP contribution in [0.4, 0.5) is 5.95 Å². The average Bonchev–Trinajstić information content (AvgIpc) is 2.61. The summed E-state index contributed by atoms with van der Waals surface area (Å²) in [6.07, 6.45) is 0. The van der Waals surface area contributed by atoms with Crippen LogP contribution in [0.25, 0.3) is 0 Å². The lowest BCUT2D eigenvalue weighted by Gasteiger charge is -2.27. The van der Waals surface area contributed by atoms with Gasteiger partial charge >= 0.3 is 0 Å². The number of rotatable bonds is 1. The first-order valence-electron chi connectivity index (χ1n) is 5.85. The van der Waals surface area contributed by atoms with Crippen LogP contribution in [0.1, 0.15) is 26.6 Å². The number of aromatic nitrogens is 3. The fourth-order valence-corrected chi connectivity index (χ4v) is 1.83. The summed E-state index contributed by atoms with van der Waals surface area (Å²) in [5, 5.41) is 7.84. The van der Waals surface area contributed by atoms with Crippen LogP contribution in [0.3, 0.4) is 0 Å². The van der Waals surface area contributed by atoms with Crippen LogP contribution in [0.15, 0.2) is 0 Å². The van der Waals surface area contributed by atoms with Crippen molar-refractivity contribution in [1.82, 2.24) is 20.1 Å². The van der Waals surface area contributed by atoms with E-state index in [9.17, 15) is 0 Å². The molecule has 1 aromatic rings. The molecule has 0 aliphatic carbocycles. The molecule has 2 heterocycles. The van der Waals surface area contributed by atoms with Crippen molar-refractivity contribution in [2.75, 3.05) is 31.1 Å². The number of nitrogens with zero attached hydrogens (tertiary/aromatic N) is 4. The fourth-order valence-electron chi connectivity index (χ4n) is 1.83. The Kier molecular flexibility index (Phi) is 2.88. The van der Waals surface area contributed by atoms with Gasteiger partial charge in [0, 0.05) is 38.6 Å². The molecule has 0 atom stereocenters. The normalized spacial score (nSPS) is 17.9. The van der Waals surface area contributed by atoms with Crippen LogP contribution < -0.4 is 10.2 Å². The smallest absolute Gasteiger partial charge is 0.223 e. The third kappa shape index (κ3) is 2.19. The molecule has 1 aliphatic heterocycles. The first kappa shape index (κ1) is 11.4. The molecule has 0 amide bonds. The maximum atomic E-state index is 4.65. The van der Waals surface area contributed by atoms with Crippen molar-refractivity contribution in [3.63, 3.8) is 0 Å². The average molecular weight is 223 g/mol. The lowest BCUT2D eigenvalue weighted by atomic mass is 9.96. The molecule has 1 N–H and O–H groups in total. The molecule has 0 aromatic carbocycles. The Morgan fingerprint density at radius 3 is 2.31 bits per heavy atom. The summed E-state index contributed by atoms with van der Waals surface area (Å²) in [5.41, 5.74) is 0.0179. The molecule has 0 saturated carbocycles. The quantitative estimate of drug-likeness (QED) is 0.754. The summed E-state index contributed by atoms with van der Waals surface area (Å²) in [4.78, 5) is 6.95. The van der Waals surface area contributed by atoms with Crippen LogP contribution >= 0.6 is 0 Å². The summed E-state index contributed by atoms with van der Waals surface area (Å²) in [6, 6.07) is 0. The Balaban J connectivity index is 2.24. The standard InChI is InChI=1S/C11H21N5/c1-11(2,3)9-13-10(15(4)14-9)16-7-5-12-6-8-16/h12H,5-8H2,1-4H3. The van der Waals surface area contributed by atoms with E-state index in [4.69, 9.17) is 0 Å². The first-order chi connectivity index (χ1) is 7.48. The van der Waals surface area contributed by atoms with Gasteiger partial charge in [-0.3, -0.25) is 0 Å². The molecule has 1 fully saturated rings. The molecule has 16 heavy (non-hydrogen) atoms. The maximum absolute atomic E-state index is 4.65. The Bertz CT molecular complexity index is 357. The van der Waals surface area contributed by atoms with Gasteiger partial charge in [-0.1, -0.05) is 20.8 Å². The fraction of sp³-hybridized carbons (Fsp3) is 0.818. The Labute approximate surface area is 96.8 Å². The van der Waals surface area contributed by atoms with Crippen molar-refractivity contribution in [2.45, 2.75) is 26.2 Å². The molecule has 0 spiro atoms. The Morgan fingerprint density at radius 2 is 1.81 bits per heavy atom. The monoisotopic (exact) mass is 223 g/mol. The van der Waals surface area contributed by atoms with Gasteiger partial charge in [-0.05, 0) is 0 Å². The molecular formula is C11H21N5. The van der Waals surface area contributed by atoms with Crippen molar-refractivity contribution in [3.05, 3.63) is 5.82 Å². The van der Waals surface area contributed by atoms with Gasteiger partial charge in [-0.25, -0.2) is 4.68 Å². The van der Waals surface area contributed by atoms with Crippen molar-refractivity contribution >= 4 is 5.95 Å². The van der Waals surface area contributed by atoms with Crippen LogP contribution in [0, 0.1) is 0 Å². The molecule has 5 nitrogen and oxygen atoms in total. The third-order valence-corrected chi connectivity index (χ3v) is 2.81. The molecule has 0 radical (unpaired) electrons. The minimum atomic E-state index is 0.0179. The molecule has 1 saturated heterocycles. The SMILES string of the molecule is Cn1nc(C(C)(C)C)nc1N1CCNCC1. The van der Waals surface area contributed by atoms with Gasteiger partial charge in [-0.2, -0.15) is 10.1 Å². The van der Waals surface area contributed by atoms with E-state index in [1.165, 1.54) is 0 Å². The summed E-state index contributed by atoms with van der Waals surface area (Å²) in [5.74, 6) is 1.91. The molecule has 0 bridgehead atoms. The van der Waals surface area contributed by atoms with E-state index in [1.807, 2.05) is 11.7 Å². The van der Waals surface area contributed by atoms with Crippen molar-refractivity contribution < 1.29 is 0 Å². The second-order valence-corrected chi connectivity index (χ2v) is 5.35. The summed E-state index contributed by atoms with van der Waals surface area (Å²) < 4.78 is 1.89. The molecule has 90 valence electrons. The van der Waals surface area contributed by atoms with Crippen LogP contribution in [-0.2, 0) is 12.5 Å². The lowest BCUT2D eigenvalue weighted by Crippen LogP contribution is -2.44. The highest BCUT2D eigenvalue weighted by Crippen LogP contribution is 2.21. The number of aryl methyl sites for hydroxylation is 1. The van der Waals surface area contributed by atoms with Gasteiger partial charge < -0.3 is 10.2 Å². The molecule has 0 unspecified atom stereocenters. The Hall–Kier alpha value is -1.10. The second kappa shape index (κ2) is 4.05. The minimum Gasteiger partial charge on any atom is -0.338 e. The van der Waals surface area contributed by atoms with E-state index in [0.29, 0.717) is 0 Å². The van der Waals surface area contributed by atoms with Gasteiger partial charge in [0.1, 0.15) is 0 Å². The predicted octanol–water partition coefficient (Wildman–Crippen LogP) is 0.522. The largest absolute Gasteiger partial charge is 0.338 e. The number of piperazine rings is 1. The predicted molar refractivity (Wildman–Crippen MR) is 64.8 cm³/mol. The van der Waals surface area contributed by atoms with Crippen molar-refractivity contribution in [1.29, 1.82) is 0 Å². The van der Waals surface area contributed by atoms with Crippen LogP contribution in [-0.4, -0.2) is 40.9 Å². The van der Waals surface area contributed by atoms with Crippen LogP contribution in [0.5, 0.6) is 0 Å². The maximum Gasteiger partial charge on any atom is 0.223 e. The highest BCUT2D eigenvalue weighted by molar-refractivity contribution is 5.32. The van der Waals surface area contributed by atoms with E-state index >= 15 is 0 Å². The van der Waals surface area contributed by atoms with Gasteiger partial charge in [0.05, 0.1) is 0 Å². The van der Waals surface area contributed by atoms with E-state index in [1.54, 1.807) is 0 Å². The number of anilines is 1. The molecule has 5 heteroatoms. The van der Waals surface area contributed by atoms with Crippen molar-refractivity contribution in [2.24, 2.45) is 7.05 Å². The van der Waals surface area contributed by atoms with Gasteiger partial charge in [0.25, 0.3) is 0 Å². The number of hydrogen-bond acceptors (Lipinski definition) is 4. The highest BCUT2D eigenvalue weighted by atomic mass is 15.4. The van der Waals surface area contributed by atoms with E-state index < -0.39 is 0 Å². The molecular weight excluding hydrogens is 202 g/mol. The number of hydrogen-bond donors (Lipinski definition) is 1. The number of nitrogens with one attached hydrogen (secondary N) is 1. The zero-order valence-corrected chi connectivity index (χ0v) is 10.6. The molecule has 1 aromatic heterocycles. The Morgan fingerprint density at radius 1 is 1.19 bits per heavy atom. The molecule has 2 rings (SSSR count). The summed E-state index contributed by atoms with van der Waals surface area (Å²) in [6.45, 7) is 10.5. The zero-order valence-electron chi connectivity index (χ0n) is 10.6. The third-order valence-electron chi connectivity index (χ3n) is 2.81. The van der Waals surface area contributed by atoms with E-state index in [-0.39, 0.29) is 5.41 Å². The first-order valence-corrected chi connectivity index (χ1v) is 5.85. The second-order valence-electron chi connectivity index (χ2n) is 5.35.